The lowest BCUT2D eigenvalue weighted by Crippen LogP contribution is -2.74. The summed E-state index contributed by atoms with van der Waals surface area (Å²) in [6.07, 6.45) is 3.20. The fourth-order valence-corrected chi connectivity index (χ4v) is 3.17. The van der Waals surface area contributed by atoms with E-state index in [0.717, 1.165) is 32.7 Å². The summed E-state index contributed by atoms with van der Waals surface area (Å²) < 4.78 is 5.43. The number of nitrogens with two attached hydrogens (primary N) is 2. The van der Waals surface area contributed by atoms with Crippen molar-refractivity contribution in [1.82, 2.24) is 14.8 Å². The van der Waals surface area contributed by atoms with Gasteiger partial charge in [0.25, 0.3) is 0 Å². The van der Waals surface area contributed by atoms with Crippen LogP contribution in [0.4, 0.5) is 0 Å². The van der Waals surface area contributed by atoms with Crippen molar-refractivity contribution in [2.45, 2.75) is 12.2 Å². The normalized spacial score (nSPS) is 22.6. The molecule has 6 heteroatoms. The molecule has 0 spiro atoms. The smallest absolute Gasteiger partial charge is 0.154 e. The Hall–Kier alpha value is -1.60. The summed E-state index contributed by atoms with van der Waals surface area (Å²) in [5, 5.41) is 1.70. The topological polar surface area (TPSA) is 71.0 Å². The van der Waals surface area contributed by atoms with Gasteiger partial charge in [-0.05, 0) is 5.56 Å². The molecule has 0 radical (unpaired) electrons. The largest absolute Gasteiger partial charge is 0.403 e. The number of nitrogens with zero attached hydrogens (tertiary/aromatic N) is 3. The molecule has 22 heavy (non-hydrogen) atoms. The zero-order valence-electron chi connectivity index (χ0n) is 12.9. The van der Waals surface area contributed by atoms with Crippen LogP contribution in [0.25, 0.3) is 0 Å². The fourth-order valence-electron chi connectivity index (χ4n) is 3.17. The molecule has 120 valence electrons. The zero-order chi connectivity index (χ0) is 15.4. The van der Waals surface area contributed by atoms with Gasteiger partial charge in [-0.3, -0.25) is 14.8 Å². The van der Waals surface area contributed by atoms with Crippen molar-refractivity contribution in [2.24, 2.45) is 11.6 Å². The van der Waals surface area contributed by atoms with Gasteiger partial charge >= 0.3 is 0 Å². The number of ether oxygens (including phenoxy) is 1. The molecule has 1 aromatic carbocycles. The van der Waals surface area contributed by atoms with Crippen molar-refractivity contribution in [3.8, 4) is 0 Å². The minimum absolute atomic E-state index is 0.227. The molecule has 1 aromatic rings. The Morgan fingerprint density at radius 3 is 2.36 bits per heavy atom. The van der Waals surface area contributed by atoms with Crippen LogP contribution in [-0.2, 0) is 11.3 Å². The molecule has 2 aliphatic heterocycles. The van der Waals surface area contributed by atoms with Crippen molar-refractivity contribution >= 4 is 0 Å². The fraction of sp³-hybridized carbons (Fsp3) is 0.500. The maximum Gasteiger partial charge on any atom is 0.154 e. The molecule has 0 bridgehead atoms. The maximum atomic E-state index is 6.14. The van der Waals surface area contributed by atoms with Gasteiger partial charge in [-0.1, -0.05) is 30.3 Å². The van der Waals surface area contributed by atoms with Crippen molar-refractivity contribution in [3.05, 3.63) is 48.3 Å². The number of hydrogen-bond acceptors (Lipinski definition) is 6. The second kappa shape index (κ2) is 6.66. The van der Waals surface area contributed by atoms with Crippen LogP contribution in [0.3, 0.4) is 0 Å². The van der Waals surface area contributed by atoms with Crippen LogP contribution in [0.15, 0.2) is 42.7 Å². The lowest BCUT2D eigenvalue weighted by atomic mass is 10.0. The first-order chi connectivity index (χ1) is 10.7. The lowest BCUT2D eigenvalue weighted by Gasteiger charge is -2.55. The van der Waals surface area contributed by atoms with E-state index in [1.807, 2.05) is 0 Å². The van der Waals surface area contributed by atoms with E-state index in [9.17, 15) is 0 Å². The summed E-state index contributed by atoms with van der Waals surface area (Å²) in [6, 6.07) is 10.6. The van der Waals surface area contributed by atoms with Gasteiger partial charge in [-0.25, -0.2) is 5.84 Å². The highest BCUT2D eigenvalue weighted by molar-refractivity contribution is 5.14. The molecular formula is C16H25N5O. The monoisotopic (exact) mass is 303 g/mol. The summed E-state index contributed by atoms with van der Waals surface area (Å²) in [5.41, 5.74) is 6.61. The minimum Gasteiger partial charge on any atom is -0.403 e. The predicted octanol–water partition coefficient (Wildman–Crippen LogP) is 0.136. The SMILES string of the molecule is N/C=C\N(N)C1(N2CCN(Cc3ccccc3)CC2)COC1. The molecule has 0 unspecified atom stereocenters. The van der Waals surface area contributed by atoms with Crippen molar-refractivity contribution in [3.63, 3.8) is 0 Å². The number of rotatable bonds is 5. The standard InChI is InChI=1S/C16H25N5O/c17-6-7-21(18)16(13-22-14-16)20-10-8-19(9-11-20)12-15-4-2-1-3-5-15/h1-7H,8-14,17-18H2/b7-6-. The van der Waals surface area contributed by atoms with Crippen molar-refractivity contribution < 1.29 is 4.74 Å². The minimum atomic E-state index is -0.227. The van der Waals surface area contributed by atoms with E-state index >= 15 is 0 Å². The van der Waals surface area contributed by atoms with Gasteiger partial charge in [-0.15, -0.1) is 0 Å². The molecule has 0 saturated carbocycles. The number of benzene rings is 1. The molecule has 0 atom stereocenters. The van der Waals surface area contributed by atoms with Crippen LogP contribution in [-0.4, -0.2) is 59.9 Å². The Balaban J connectivity index is 1.57. The highest BCUT2D eigenvalue weighted by Crippen LogP contribution is 2.28. The van der Waals surface area contributed by atoms with Crippen LogP contribution >= 0.6 is 0 Å². The first-order valence-electron chi connectivity index (χ1n) is 7.76. The van der Waals surface area contributed by atoms with E-state index in [4.69, 9.17) is 16.3 Å². The molecule has 3 rings (SSSR count). The number of piperazine rings is 1. The molecule has 0 amide bonds. The molecule has 2 saturated heterocycles. The maximum absolute atomic E-state index is 6.14. The van der Waals surface area contributed by atoms with Crippen molar-refractivity contribution in [1.29, 1.82) is 0 Å². The second-order valence-corrected chi connectivity index (χ2v) is 5.97. The van der Waals surface area contributed by atoms with Gasteiger partial charge in [-0.2, -0.15) is 0 Å². The summed E-state index contributed by atoms with van der Waals surface area (Å²) >= 11 is 0. The molecular weight excluding hydrogens is 278 g/mol. The van der Waals surface area contributed by atoms with Crippen LogP contribution in [0, 0.1) is 0 Å². The van der Waals surface area contributed by atoms with Gasteiger partial charge in [0.2, 0.25) is 0 Å². The number of hydrazine groups is 1. The molecule has 4 N–H and O–H groups in total. The molecule has 2 heterocycles. The van der Waals surface area contributed by atoms with Gasteiger partial charge in [0.1, 0.15) is 0 Å². The van der Waals surface area contributed by atoms with Crippen LogP contribution in [0.1, 0.15) is 5.56 Å². The quantitative estimate of drug-likeness (QED) is 0.595. The molecule has 2 fully saturated rings. The van der Waals surface area contributed by atoms with E-state index in [-0.39, 0.29) is 5.66 Å². The molecule has 0 aromatic heterocycles. The van der Waals surface area contributed by atoms with Gasteiger partial charge in [0, 0.05) is 45.1 Å². The first-order valence-corrected chi connectivity index (χ1v) is 7.76. The highest BCUT2D eigenvalue weighted by atomic mass is 16.5. The Morgan fingerprint density at radius 1 is 1.14 bits per heavy atom. The average molecular weight is 303 g/mol. The third-order valence-electron chi connectivity index (χ3n) is 4.60. The van der Waals surface area contributed by atoms with E-state index in [2.05, 4.69) is 40.1 Å². The van der Waals surface area contributed by atoms with E-state index in [1.165, 1.54) is 11.8 Å². The Morgan fingerprint density at radius 2 is 1.82 bits per heavy atom. The third kappa shape index (κ3) is 2.96. The van der Waals surface area contributed by atoms with Crippen LogP contribution in [0.5, 0.6) is 0 Å². The van der Waals surface area contributed by atoms with Crippen LogP contribution in [0.2, 0.25) is 0 Å². The predicted molar refractivity (Wildman–Crippen MR) is 86.2 cm³/mol. The number of hydrogen-bond donors (Lipinski definition) is 2. The molecule has 2 aliphatic rings. The van der Waals surface area contributed by atoms with E-state index < -0.39 is 0 Å². The Labute approximate surface area is 131 Å². The highest BCUT2D eigenvalue weighted by Gasteiger charge is 2.48. The lowest BCUT2D eigenvalue weighted by molar-refractivity contribution is -0.214. The average Bonchev–Trinajstić information content (AvgIpc) is 2.49. The Kier molecular flexibility index (Phi) is 4.63. The van der Waals surface area contributed by atoms with Gasteiger partial charge in [0.15, 0.2) is 5.66 Å². The van der Waals surface area contributed by atoms with Crippen molar-refractivity contribution in [2.75, 3.05) is 39.4 Å². The second-order valence-electron chi connectivity index (χ2n) is 5.97. The zero-order valence-corrected chi connectivity index (χ0v) is 12.9. The Bertz CT molecular complexity index is 495. The molecule has 0 aliphatic carbocycles. The summed E-state index contributed by atoms with van der Waals surface area (Å²) in [7, 11) is 0. The summed E-state index contributed by atoms with van der Waals surface area (Å²) in [6.45, 7) is 6.32. The molecule has 6 nitrogen and oxygen atoms in total. The first kappa shape index (κ1) is 15.3. The van der Waals surface area contributed by atoms with Gasteiger partial charge < -0.3 is 10.5 Å². The summed E-state index contributed by atoms with van der Waals surface area (Å²) in [5.74, 6) is 6.14. The van der Waals surface area contributed by atoms with Gasteiger partial charge in [0.05, 0.1) is 13.2 Å². The van der Waals surface area contributed by atoms with E-state index in [1.54, 1.807) is 11.2 Å². The van der Waals surface area contributed by atoms with Crippen LogP contribution < -0.4 is 11.6 Å². The summed E-state index contributed by atoms with van der Waals surface area (Å²) in [4.78, 5) is 4.90. The third-order valence-corrected chi connectivity index (χ3v) is 4.60. The van der Waals surface area contributed by atoms with E-state index in [0.29, 0.717) is 13.2 Å².